The van der Waals surface area contributed by atoms with Gasteiger partial charge in [-0.1, -0.05) is 30.3 Å². The summed E-state index contributed by atoms with van der Waals surface area (Å²) in [5.74, 6) is 0.365. The van der Waals surface area contributed by atoms with Gasteiger partial charge in [0.1, 0.15) is 11.6 Å². The third-order valence-electron chi connectivity index (χ3n) is 2.31. The van der Waals surface area contributed by atoms with Crippen molar-refractivity contribution >= 4 is 0 Å². The van der Waals surface area contributed by atoms with Crippen LogP contribution in [0, 0.1) is 11.3 Å². The average molecular weight is 210 g/mol. The van der Waals surface area contributed by atoms with Crippen molar-refractivity contribution in [2.75, 3.05) is 7.11 Å². The molecule has 0 amide bonds. The monoisotopic (exact) mass is 210 g/mol. The van der Waals surface area contributed by atoms with Gasteiger partial charge < -0.3 is 4.74 Å². The number of benzene rings is 1. The first-order valence-electron chi connectivity index (χ1n) is 4.85. The van der Waals surface area contributed by atoms with Gasteiger partial charge in [-0.3, -0.25) is 0 Å². The molecular weight excluding hydrogens is 200 g/mol. The van der Waals surface area contributed by atoms with E-state index < -0.39 is 0 Å². The fraction of sp³-hybridized carbons (Fsp3) is 0.0769. The van der Waals surface area contributed by atoms with Gasteiger partial charge in [-0.2, -0.15) is 5.26 Å². The fourth-order valence-corrected chi connectivity index (χ4v) is 1.56. The van der Waals surface area contributed by atoms with Crippen LogP contribution >= 0.6 is 0 Å². The van der Waals surface area contributed by atoms with Crippen molar-refractivity contribution in [3.63, 3.8) is 0 Å². The van der Waals surface area contributed by atoms with Crippen LogP contribution in [0.4, 0.5) is 0 Å². The van der Waals surface area contributed by atoms with Gasteiger partial charge in [-0.15, -0.1) is 0 Å². The van der Waals surface area contributed by atoms with Crippen LogP contribution in [0.15, 0.2) is 42.6 Å². The van der Waals surface area contributed by atoms with Crippen molar-refractivity contribution in [3.8, 4) is 23.1 Å². The Morgan fingerprint density at radius 3 is 2.56 bits per heavy atom. The molecule has 3 nitrogen and oxygen atoms in total. The highest BCUT2D eigenvalue weighted by atomic mass is 16.5. The summed E-state index contributed by atoms with van der Waals surface area (Å²) >= 11 is 0. The minimum Gasteiger partial charge on any atom is -0.480 e. The van der Waals surface area contributed by atoms with Gasteiger partial charge in [-0.05, 0) is 11.6 Å². The summed E-state index contributed by atoms with van der Waals surface area (Å²) in [6.45, 7) is 0. The number of aromatic nitrogens is 1. The predicted octanol–water partition coefficient (Wildman–Crippen LogP) is 2.63. The number of ether oxygens (including phenoxy) is 1. The maximum atomic E-state index is 9.12. The van der Waals surface area contributed by atoms with Crippen LogP contribution in [0.25, 0.3) is 11.1 Å². The number of nitriles is 1. The molecule has 0 aliphatic carbocycles. The summed E-state index contributed by atoms with van der Waals surface area (Å²) in [5.41, 5.74) is 2.30. The Labute approximate surface area is 93.9 Å². The van der Waals surface area contributed by atoms with E-state index in [0.717, 1.165) is 11.1 Å². The molecule has 0 aliphatic rings. The minimum atomic E-state index is 0.365. The molecular formula is C13H10N2O. The molecule has 0 unspecified atom stereocenters. The number of methoxy groups -OCH3 is 1. The van der Waals surface area contributed by atoms with Crippen molar-refractivity contribution in [2.45, 2.75) is 0 Å². The van der Waals surface area contributed by atoms with Gasteiger partial charge in [-0.25, -0.2) is 4.98 Å². The Morgan fingerprint density at radius 1 is 1.19 bits per heavy atom. The molecule has 1 heterocycles. The summed E-state index contributed by atoms with van der Waals surface area (Å²) < 4.78 is 5.06. The van der Waals surface area contributed by atoms with E-state index in [2.05, 4.69) is 11.1 Å². The van der Waals surface area contributed by atoms with E-state index >= 15 is 0 Å². The zero-order chi connectivity index (χ0) is 11.4. The maximum Gasteiger partial charge on any atom is 0.232 e. The second-order valence-electron chi connectivity index (χ2n) is 3.22. The zero-order valence-electron chi connectivity index (χ0n) is 8.84. The molecule has 0 bridgehead atoms. The quantitative estimate of drug-likeness (QED) is 0.765. The second kappa shape index (κ2) is 4.45. The van der Waals surface area contributed by atoms with E-state index in [4.69, 9.17) is 10.00 Å². The topological polar surface area (TPSA) is 45.9 Å². The van der Waals surface area contributed by atoms with Crippen molar-refractivity contribution in [2.24, 2.45) is 0 Å². The second-order valence-corrected chi connectivity index (χ2v) is 3.22. The van der Waals surface area contributed by atoms with Crippen molar-refractivity contribution in [3.05, 3.63) is 48.2 Å². The van der Waals surface area contributed by atoms with Crippen LogP contribution < -0.4 is 4.74 Å². The van der Waals surface area contributed by atoms with Crippen molar-refractivity contribution in [1.82, 2.24) is 4.98 Å². The number of nitrogens with zero attached hydrogens (tertiary/aromatic N) is 2. The zero-order valence-corrected chi connectivity index (χ0v) is 8.84. The lowest BCUT2D eigenvalue weighted by atomic mass is 10.0. The van der Waals surface area contributed by atoms with Gasteiger partial charge in [0, 0.05) is 11.8 Å². The lowest BCUT2D eigenvalue weighted by molar-refractivity contribution is 0.397. The highest BCUT2D eigenvalue weighted by Crippen LogP contribution is 2.27. The molecule has 0 saturated carbocycles. The minimum absolute atomic E-state index is 0.365. The van der Waals surface area contributed by atoms with Crippen LogP contribution in [0.5, 0.6) is 5.88 Å². The standard InChI is InChI=1S/C13H10N2O/c1-16-13-12(9-14)11(7-8-15-13)10-5-3-2-4-6-10/h2-8H,1H3. The summed E-state index contributed by atoms with van der Waals surface area (Å²) in [4.78, 5) is 4.01. The van der Waals surface area contributed by atoms with E-state index in [-0.39, 0.29) is 0 Å². The first-order chi connectivity index (χ1) is 7.86. The maximum absolute atomic E-state index is 9.12. The largest absolute Gasteiger partial charge is 0.480 e. The Balaban J connectivity index is 2.63. The number of pyridine rings is 1. The van der Waals surface area contributed by atoms with E-state index in [1.165, 1.54) is 7.11 Å². The molecule has 78 valence electrons. The molecule has 0 atom stereocenters. The molecule has 3 heteroatoms. The Morgan fingerprint density at radius 2 is 1.94 bits per heavy atom. The molecule has 2 aromatic rings. The van der Waals surface area contributed by atoms with E-state index in [0.29, 0.717) is 11.4 Å². The molecule has 0 aliphatic heterocycles. The van der Waals surface area contributed by atoms with Crippen LogP contribution in [0.3, 0.4) is 0 Å². The summed E-state index contributed by atoms with van der Waals surface area (Å²) in [7, 11) is 1.51. The first kappa shape index (κ1) is 10.2. The van der Waals surface area contributed by atoms with E-state index in [9.17, 15) is 0 Å². The first-order valence-corrected chi connectivity index (χ1v) is 4.85. The normalized spacial score (nSPS) is 9.50. The molecule has 0 saturated heterocycles. The fourth-order valence-electron chi connectivity index (χ4n) is 1.56. The Kier molecular flexibility index (Phi) is 2.84. The lowest BCUT2D eigenvalue weighted by Crippen LogP contribution is -1.94. The number of hydrogen-bond acceptors (Lipinski definition) is 3. The van der Waals surface area contributed by atoms with Crippen molar-refractivity contribution in [1.29, 1.82) is 5.26 Å². The molecule has 0 N–H and O–H groups in total. The van der Waals surface area contributed by atoms with Crippen LogP contribution in [-0.4, -0.2) is 12.1 Å². The molecule has 0 radical (unpaired) electrons. The van der Waals surface area contributed by atoms with E-state index in [1.54, 1.807) is 6.20 Å². The number of hydrogen-bond donors (Lipinski definition) is 0. The Bertz CT molecular complexity index is 529. The SMILES string of the molecule is COc1nccc(-c2ccccc2)c1C#N. The van der Waals surface area contributed by atoms with Crippen LogP contribution in [0.2, 0.25) is 0 Å². The highest BCUT2D eigenvalue weighted by molar-refractivity contribution is 5.72. The van der Waals surface area contributed by atoms with Gasteiger partial charge in [0.25, 0.3) is 0 Å². The molecule has 0 spiro atoms. The summed E-state index contributed by atoms with van der Waals surface area (Å²) in [6.07, 6.45) is 1.64. The van der Waals surface area contributed by atoms with Gasteiger partial charge in [0.2, 0.25) is 5.88 Å². The molecule has 0 fully saturated rings. The predicted molar refractivity (Wildman–Crippen MR) is 60.9 cm³/mol. The summed E-state index contributed by atoms with van der Waals surface area (Å²) in [5, 5.41) is 9.12. The third-order valence-corrected chi connectivity index (χ3v) is 2.31. The van der Waals surface area contributed by atoms with E-state index in [1.807, 2.05) is 36.4 Å². The molecule has 1 aromatic carbocycles. The molecule has 16 heavy (non-hydrogen) atoms. The molecule has 2 rings (SSSR count). The highest BCUT2D eigenvalue weighted by Gasteiger charge is 2.10. The van der Waals surface area contributed by atoms with Crippen molar-refractivity contribution < 1.29 is 4.74 Å². The van der Waals surface area contributed by atoms with Crippen LogP contribution in [0.1, 0.15) is 5.56 Å². The average Bonchev–Trinajstić information content (AvgIpc) is 2.38. The van der Waals surface area contributed by atoms with Gasteiger partial charge in [0.05, 0.1) is 7.11 Å². The lowest BCUT2D eigenvalue weighted by Gasteiger charge is -2.06. The summed E-state index contributed by atoms with van der Waals surface area (Å²) in [6, 6.07) is 13.7. The van der Waals surface area contributed by atoms with Gasteiger partial charge >= 0.3 is 0 Å². The third kappa shape index (κ3) is 1.73. The Hall–Kier alpha value is -2.34. The molecule has 1 aromatic heterocycles. The van der Waals surface area contributed by atoms with Crippen LogP contribution in [-0.2, 0) is 0 Å². The number of rotatable bonds is 2. The van der Waals surface area contributed by atoms with Gasteiger partial charge in [0.15, 0.2) is 0 Å². The smallest absolute Gasteiger partial charge is 0.232 e.